The van der Waals surface area contributed by atoms with Gasteiger partial charge in [-0.05, 0) is 19.1 Å². The standard InChI is InChI=1S/C13H19N5O2/c1-8(13(19)15-3-4-20-2)17-12-6-11-9(5-10(12)14)7-16-18-11/h5-8,17H,3-4,14H2,1-2H3,(H,15,19)(H,16,18). The third kappa shape index (κ3) is 3.18. The Morgan fingerprint density at radius 1 is 1.55 bits per heavy atom. The summed E-state index contributed by atoms with van der Waals surface area (Å²) in [5, 5.41) is 13.6. The minimum absolute atomic E-state index is 0.105. The van der Waals surface area contributed by atoms with Crippen LogP contribution in [0.1, 0.15) is 6.92 Å². The number of benzene rings is 1. The van der Waals surface area contributed by atoms with Gasteiger partial charge in [0.25, 0.3) is 0 Å². The lowest BCUT2D eigenvalue weighted by molar-refractivity contribution is -0.121. The topological polar surface area (TPSA) is 105 Å². The summed E-state index contributed by atoms with van der Waals surface area (Å²) in [5.74, 6) is -0.105. The second-order valence-electron chi connectivity index (χ2n) is 4.55. The number of aromatic amines is 1. The van der Waals surface area contributed by atoms with Crippen LogP contribution in [0.15, 0.2) is 18.3 Å². The Morgan fingerprint density at radius 3 is 3.10 bits per heavy atom. The van der Waals surface area contributed by atoms with Crippen molar-refractivity contribution in [2.75, 3.05) is 31.3 Å². The van der Waals surface area contributed by atoms with E-state index >= 15 is 0 Å². The number of hydrogen-bond donors (Lipinski definition) is 4. The number of rotatable bonds is 6. The average molecular weight is 277 g/mol. The number of nitrogens with two attached hydrogens (primary N) is 1. The molecule has 1 unspecified atom stereocenters. The van der Waals surface area contributed by atoms with Crippen molar-refractivity contribution in [3.05, 3.63) is 18.3 Å². The lowest BCUT2D eigenvalue weighted by Crippen LogP contribution is -2.39. The summed E-state index contributed by atoms with van der Waals surface area (Å²) in [6, 6.07) is 3.27. The number of aromatic nitrogens is 2. The fourth-order valence-electron chi connectivity index (χ4n) is 1.86. The summed E-state index contributed by atoms with van der Waals surface area (Å²) in [5.41, 5.74) is 8.11. The highest BCUT2D eigenvalue weighted by molar-refractivity contribution is 5.91. The first-order valence-corrected chi connectivity index (χ1v) is 6.37. The summed E-state index contributed by atoms with van der Waals surface area (Å²) < 4.78 is 4.88. The number of nitrogens with zero attached hydrogens (tertiary/aromatic N) is 1. The molecule has 2 aromatic rings. The van der Waals surface area contributed by atoms with Gasteiger partial charge in [0.2, 0.25) is 5.91 Å². The zero-order chi connectivity index (χ0) is 14.5. The normalized spacial score (nSPS) is 12.3. The molecule has 0 saturated carbocycles. The predicted octanol–water partition coefficient (Wildman–Crippen LogP) is 0.708. The first-order valence-electron chi connectivity index (χ1n) is 6.37. The number of anilines is 2. The van der Waals surface area contributed by atoms with E-state index in [1.807, 2.05) is 12.1 Å². The molecule has 0 aliphatic heterocycles. The third-order valence-corrected chi connectivity index (χ3v) is 2.98. The lowest BCUT2D eigenvalue weighted by atomic mass is 10.2. The zero-order valence-corrected chi connectivity index (χ0v) is 11.6. The van der Waals surface area contributed by atoms with E-state index in [0.717, 1.165) is 10.9 Å². The number of methoxy groups -OCH3 is 1. The van der Waals surface area contributed by atoms with Gasteiger partial charge in [-0.2, -0.15) is 5.10 Å². The van der Waals surface area contributed by atoms with Crippen molar-refractivity contribution in [1.29, 1.82) is 0 Å². The SMILES string of the molecule is COCCNC(=O)C(C)Nc1cc2[nH]ncc2cc1N. The lowest BCUT2D eigenvalue weighted by Gasteiger charge is -2.16. The molecule has 5 N–H and O–H groups in total. The van der Waals surface area contributed by atoms with Gasteiger partial charge in [0.15, 0.2) is 0 Å². The second-order valence-corrected chi connectivity index (χ2v) is 4.55. The van der Waals surface area contributed by atoms with Crippen LogP contribution in [0.25, 0.3) is 10.9 Å². The molecule has 2 rings (SSSR count). The van der Waals surface area contributed by atoms with E-state index in [1.165, 1.54) is 0 Å². The van der Waals surface area contributed by atoms with Gasteiger partial charge in [0.1, 0.15) is 6.04 Å². The second kappa shape index (κ2) is 6.25. The Hall–Kier alpha value is -2.28. The van der Waals surface area contributed by atoms with Crippen molar-refractivity contribution in [2.45, 2.75) is 13.0 Å². The molecule has 0 spiro atoms. The van der Waals surface area contributed by atoms with Crippen LogP contribution in [0, 0.1) is 0 Å². The molecule has 108 valence electrons. The van der Waals surface area contributed by atoms with E-state index in [1.54, 1.807) is 20.2 Å². The van der Waals surface area contributed by atoms with Gasteiger partial charge >= 0.3 is 0 Å². The van der Waals surface area contributed by atoms with Crippen LogP contribution in [0.3, 0.4) is 0 Å². The molecular formula is C13H19N5O2. The van der Waals surface area contributed by atoms with Crippen LogP contribution in [0.2, 0.25) is 0 Å². The average Bonchev–Trinajstić information content (AvgIpc) is 2.86. The Morgan fingerprint density at radius 2 is 2.35 bits per heavy atom. The van der Waals surface area contributed by atoms with Crippen molar-refractivity contribution in [1.82, 2.24) is 15.5 Å². The number of carbonyl (C=O) groups is 1. The van der Waals surface area contributed by atoms with E-state index in [-0.39, 0.29) is 5.91 Å². The smallest absolute Gasteiger partial charge is 0.242 e. The monoisotopic (exact) mass is 277 g/mol. The van der Waals surface area contributed by atoms with Crippen molar-refractivity contribution < 1.29 is 9.53 Å². The van der Waals surface area contributed by atoms with E-state index in [2.05, 4.69) is 20.8 Å². The van der Waals surface area contributed by atoms with E-state index in [0.29, 0.717) is 24.5 Å². The van der Waals surface area contributed by atoms with E-state index in [4.69, 9.17) is 10.5 Å². The number of H-pyrrole nitrogens is 1. The summed E-state index contributed by atoms with van der Waals surface area (Å²) in [7, 11) is 1.59. The Bertz CT molecular complexity index is 595. The van der Waals surface area contributed by atoms with Crippen LogP contribution < -0.4 is 16.4 Å². The van der Waals surface area contributed by atoms with Crippen LogP contribution in [0.4, 0.5) is 11.4 Å². The maximum absolute atomic E-state index is 11.9. The molecule has 1 atom stereocenters. The fraction of sp³-hybridized carbons (Fsp3) is 0.385. The number of fused-ring (bicyclic) bond motifs is 1. The van der Waals surface area contributed by atoms with E-state index in [9.17, 15) is 4.79 Å². The Kier molecular flexibility index (Phi) is 4.41. The summed E-state index contributed by atoms with van der Waals surface area (Å²) in [6.45, 7) is 2.75. The number of hydrogen-bond acceptors (Lipinski definition) is 5. The summed E-state index contributed by atoms with van der Waals surface area (Å²) in [6.07, 6.45) is 1.70. The summed E-state index contributed by atoms with van der Waals surface area (Å²) >= 11 is 0. The van der Waals surface area contributed by atoms with E-state index < -0.39 is 6.04 Å². The van der Waals surface area contributed by atoms with Gasteiger partial charge in [-0.15, -0.1) is 0 Å². The highest BCUT2D eigenvalue weighted by Crippen LogP contribution is 2.25. The minimum atomic E-state index is -0.394. The molecule has 0 aliphatic rings. The molecule has 0 aliphatic carbocycles. The molecule has 7 heteroatoms. The summed E-state index contributed by atoms with van der Waals surface area (Å²) in [4.78, 5) is 11.9. The highest BCUT2D eigenvalue weighted by Gasteiger charge is 2.13. The van der Waals surface area contributed by atoms with Crippen molar-refractivity contribution in [3.8, 4) is 0 Å². The molecule has 1 aromatic carbocycles. The molecule has 0 radical (unpaired) electrons. The fourth-order valence-corrected chi connectivity index (χ4v) is 1.86. The van der Waals surface area contributed by atoms with Crippen LogP contribution in [-0.2, 0) is 9.53 Å². The maximum Gasteiger partial charge on any atom is 0.242 e. The number of amides is 1. The van der Waals surface area contributed by atoms with Crippen molar-refractivity contribution in [3.63, 3.8) is 0 Å². The largest absolute Gasteiger partial charge is 0.397 e. The quantitative estimate of drug-likeness (QED) is 0.460. The predicted molar refractivity (Wildman–Crippen MR) is 78.5 cm³/mol. The van der Waals surface area contributed by atoms with Gasteiger partial charge in [-0.3, -0.25) is 9.89 Å². The van der Waals surface area contributed by atoms with Gasteiger partial charge in [-0.1, -0.05) is 0 Å². The molecule has 1 amide bonds. The molecule has 0 saturated heterocycles. The number of ether oxygens (including phenoxy) is 1. The van der Waals surface area contributed by atoms with Crippen LogP contribution >= 0.6 is 0 Å². The Labute approximate surface area is 116 Å². The van der Waals surface area contributed by atoms with Gasteiger partial charge in [-0.25, -0.2) is 0 Å². The number of nitrogen functional groups attached to an aromatic ring is 1. The maximum atomic E-state index is 11.9. The number of nitrogens with one attached hydrogen (secondary N) is 3. The molecule has 0 bridgehead atoms. The van der Waals surface area contributed by atoms with Gasteiger partial charge in [0.05, 0.1) is 29.7 Å². The molecule has 1 aromatic heterocycles. The first-order chi connectivity index (χ1) is 9.61. The van der Waals surface area contributed by atoms with Crippen LogP contribution in [0.5, 0.6) is 0 Å². The van der Waals surface area contributed by atoms with Crippen molar-refractivity contribution >= 4 is 28.2 Å². The molecular weight excluding hydrogens is 258 g/mol. The molecule has 7 nitrogen and oxygen atoms in total. The number of carbonyl (C=O) groups excluding carboxylic acids is 1. The van der Waals surface area contributed by atoms with Crippen LogP contribution in [-0.4, -0.2) is 42.4 Å². The zero-order valence-electron chi connectivity index (χ0n) is 11.6. The Balaban J connectivity index is 2.03. The molecule has 20 heavy (non-hydrogen) atoms. The minimum Gasteiger partial charge on any atom is -0.397 e. The van der Waals surface area contributed by atoms with Gasteiger partial charge in [0, 0.05) is 19.0 Å². The highest BCUT2D eigenvalue weighted by atomic mass is 16.5. The molecule has 0 fully saturated rings. The third-order valence-electron chi connectivity index (χ3n) is 2.98. The van der Waals surface area contributed by atoms with Gasteiger partial charge < -0.3 is 21.1 Å². The van der Waals surface area contributed by atoms with Crippen molar-refractivity contribution in [2.24, 2.45) is 0 Å². The molecule has 1 heterocycles. The first kappa shape index (κ1) is 14.1.